The number of fused-ring (bicyclic) bond motifs is 1. The second-order valence-electron chi connectivity index (χ2n) is 6.86. The van der Waals surface area contributed by atoms with E-state index in [1.165, 1.54) is 22.4 Å². The quantitative estimate of drug-likeness (QED) is 0.910. The molecule has 0 aromatic heterocycles. The Bertz CT molecular complexity index is 600. The van der Waals surface area contributed by atoms with Gasteiger partial charge in [-0.25, -0.2) is 0 Å². The lowest BCUT2D eigenvalue weighted by molar-refractivity contribution is 0.424. The third-order valence-electron chi connectivity index (χ3n) is 3.98. The Kier molecular flexibility index (Phi) is 3.73. The zero-order chi connectivity index (χ0) is 14.9. The smallest absolute Gasteiger partial charge is 0.0436 e. The molecule has 110 valence electrons. The van der Waals surface area contributed by atoms with Crippen LogP contribution in [-0.4, -0.2) is 5.54 Å². The van der Waals surface area contributed by atoms with Gasteiger partial charge in [0.2, 0.25) is 0 Å². The molecule has 1 heterocycles. The van der Waals surface area contributed by atoms with E-state index >= 15 is 0 Å². The van der Waals surface area contributed by atoms with Crippen LogP contribution in [0.5, 0.6) is 0 Å². The molecule has 0 unspecified atom stereocenters. The lowest BCUT2D eigenvalue weighted by Gasteiger charge is -2.25. The van der Waals surface area contributed by atoms with Gasteiger partial charge in [-0.2, -0.15) is 0 Å². The highest BCUT2D eigenvalue weighted by Gasteiger charge is 2.20. The van der Waals surface area contributed by atoms with E-state index in [1.807, 2.05) is 0 Å². The highest BCUT2D eigenvalue weighted by atomic mass is 15.1. The zero-order valence-electron chi connectivity index (χ0n) is 13.2. The number of hydrogen-bond donors (Lipinski definition) is 1. The van der Waals surface area contributed by atoms with E-state index in [4.69, 9.17) is 0 Å². The van der Waals surface area contributed by atoms with Crippen LogP contribution in [0.1, 0.15) is 37.5 Å². The van der Waals surface area contributed by atoms with Crippen molar-refractivity contribution in [2.45, 2.75) is 45.9 Å². The minimum absolute atomic E-state index is 0.140. The maximum absolute atomic E-state index is 3.60. The van der Waals surface area contributed by atoms with Gasteiger partial charge < -0.3 is 10.2 Å². The Morgan fingerprint density at radius 3 is 2.10 bits per heavy atom. The third-order valence-corrected chi connectivity index (χ3v) is 3.98. The summed E-state index contributed by atoms with van der Waals surface area (Å²) in [4.78, 5) is 2.48. The zero-order valence-corrected chi connectivity index (χ0v) is 13.2. The Hall–Kier alpha value is -1.80. The largest absolute Gasteiger partial charge is 0.363 e. The standard InChI is InChI=1S/C19H24N2/c1-19(2,3)20-12-15-8-6-7-11-18(15)21-13-16-9-4-5-10-17(16)14-21/h4-11,20H,12-14H2,1-3H3. The van der Waals surface area contributed by atoms with Gasteiger partial charge in [0.25, 0.3) is 0 Å². The monoisotopic (exact) mass is 280 g/mol. The molecule has 0 saturated carbocycles. The first-order valence-corrected chi connectivity index (χ1v) is 7.67. The minimum Gasteiger partial charge on any atom is -0.363 e. The fourth-order valence-electron chi connectivity index (χ4n) is 2.83. The fraction of sp³-hybridized carbons (Fsp3) is 0.368. The van der Waals surface area contributed by atoms with Gasteiger partial charge in [0.1, 0.15) is 0 Å². The average molecular weight is 280 g/mol. The topological polar surface area (TPSA) is 15.3 Å². The summed E-state index contributed by atoms with van der Waals surface area (Å²) in [6.45, 7) is 9.57. The van der Waals surface area contributed by atoms with Gasteiger partial charge in [0.15, 0.2) is 0 Å². The summed E-state index contributed by atoms with van der Waals surface area (Å²) in [6, 6.07) is 17.5. The summed E-state index contributed by atoms with van der Waals surface area (Å²) in [5.74, 6) is 0. The molecule has 0 radical (unpaired) electrons. The maximum Gasteiger partial charge on any atom is 0.0436 e. The SMILES string of the molecule is CC(C)(C)NCc1ccccc1N1Cc2ccccc2C1. The summed E-state index contributed by atoms with van der Waals surface area (Å²) < 4.78 is 0. The number of para-hydroxylation sites is 1. The van der Waals surface area contributed by atoms with E-state index in [1.54, 1.807) is 0 Å². The van der Waals surface area contributed by atoms with Crippen molar-refractivity contribution in [2.24, 2.45) is 0 Å². The van der Waals surface area contributed by atoms with Crippen molar-refractivity contribution < 1.29 is 0 Å². The molecular formula is C19H24N2. The normalized spacial score (nSPS) is 14.3. The molecule has 2 aromatic carbocycles. The van der Waals surface area contributed by atoms with Crippen LogP contribution in [0.15, 0.2) is 48.5 Å². The fourth-order valence-corrected chi connectivity index (χ4v) is 2.83. The van der Waals surface area contributed by atoms with E-state index in [0.717, 1.165) is 19.6 Å². The van der Waals surface area contributed by atoms with E-state index in [-0.39, 0.29) is 5.54 Å². The van der Waals surface area contributed by atoms with Gasteiger partial charge in [-0.1, -0.05) is 42.5 Å². The molecular weight excluding hydrogens is 256 g/mol. The van der Waals surface area contributed by atoms with Gasteiger partial charge in [-0.05, 0) is 43.5 Å². The second-order valence-corrected chi connectivity index (χ2v) is 6.86. The maximum atomic E-state index is 3.60. The molecule has 1 aliphatic rings. The van der Waals surface area contributed by atoms with Gasteiger partial charge in [-0.3, -0.25) is 0 Å². The van der Waals surface area contributed by atoms with Crippen LogP contribution >= 0.6 is 0 Å². The summed E-state index contributed by atoms with van der Waals surface area (Å²) in [5, 5.41) is 3.60. The predicted octanol–water partition coefficient (Wildman–Crippen LogP) is 4.09. The summed E-state index contributed by atoms with van der Waals surface area (Å²) in [6.07, 6.45) is 0. The third kappa shape index (κ3) is 3.27. The van der Waals surface area contributed by atoms with Crippen molar-refractivity contribution in [3.8, 4) is 0 Å². The van der Waals surface area contributed by atoms with Crippen molar-refractivity contribution in [3.63, 3.8) is 0 Å². The number of hydrogen-bond acceptors (Lipinski definition) is 2. The summed E-state index contributed by atoms with van der Waals surface area (Å²) in [7, 11) is 0. The molecule has 1 aliphatic heterocycles. The van der Waals surface area contributed by atoms with Crippen LogP contribution in [0.25, 0.3) is 0 Å². The number of nitrogens with zero attached hydrogens (tertiary/aromatic N) is 1. The molecule has 0 fully saturated rings. The Balaban J connectivity index is 1.81. The van der Waals surface area contributed by atoms with Crippen molar-refractivity contribution in [1.82, 2.24) is 5.32 Å². The molecule has 2 aromatic rings. The highest BCUT2D eigenvalue weighted by molar-refractivity contribution is 5.57. The van der Waals surface area contributed by atoms with Crippen LogP contribution in [-0.2, 0) is 19.6 Å². The number of benzene rings is 2. The van der Waals surface area contributed by atoms with Crippen molar-refractivity contribution in [3.05, 3.63) is 65.2 Å². The van der Waals surface area contributed by atoms with E-state index < -0.39 is 0 Å². The summed E-state index contributed by atoms with van der Waals surface area (Å²) >= 11 is 0. The van der Waals surface area contributed by atoms with Gasteiger partial charge >= 0.3 is 0 Å². The van der Waals surface area contributed by atoms with Gasteiger partial charge in [0, 0.05) is 30.9 Å². The lowest BCUT2D eigenvalue weighted by atomic mass is 10.1. The molecule has 1 N–H and O–H groups in total. The number of anilines is 1. The first-order chi connectivity index (χ1) is 10.0. The van der Waals surface area contributed by atoms with Crippen LogP contribution in [0, 0.1) is 0 Å². The molecule has 2 nitrogen and oxygen atoms in total. The molecule has 0 saturated heterocycles. The van der Waals surface area contributed by atoms with E-state index in [0.29, 0.717) is 0 Å². The Labute approximate surface area is 127 Å². The Morgan fingerprint density at radius 1 is 0.905 bits per heavy atom. The van der Waals surface area contributed by atoms with Crippen molar-refractivity contribution in [2.75, 3.05) is 4.90 Å². The Morgan fingerprint density at radius 2 is 1.48 bits per heavy atom. The highest BCUT2D eigenvalue weighted by Crippen LogP contribution is 2.30. The first-order valence-electron chi connectivity index (χ1n) is 7.67. The van der Waals surface area contributed by atoms with E-state index in [9.17, 15) is 0 Å². The molecule has 0 bridgehead atoms. The van der Waals surface area contributed by atoms with Crippen molar-refractivity contribution >= 4 is 5.69 Å². The van der Waals surface area contributed by atoms with Gasteiger partial charge in [0.05, 0.1) is 0 Å². The first kappa shape index (κ1) is 14.2. The average Bonchev–Trinajstić information content (AvgIpc) is 2.88. The molecule has 0 amide bonds. The molecule has 0 aliphatic carbocycles. The molecule has 0 atom stereocenters. The molecule has 0 spiro atoms. The molecule has 2 heteroatoms. The number of nitrogens with one attached hydrogen (secondary N) is 1. The van der Waals surface area contributed by atoms with Crippen LogP contribution in [0.2, 0.25) is 0 Å². The van der Waals surface area contributed by atoms with Crippen molar-refractivity contribution in [1.29, 1.82) is 0 Å². The second kappa shape index (κ2) is 5.53. The van der Waals surface area contributed by atoms with Crippen LogP contribution in [0.4, 0.5) is 5.69 Å². The van der Waals surface area contributed by atoms with Crippen LogP contribution < -0.4 is 10.2 Å². The predicted molar refractivity (Wildman–Crippen MR) is 89.4 cm³/mol. The summed E-state index contributed by atoms with van der Waals surface area (Å²) in [5.41, 5.74) is 5.78. The minimum atomic E-state index is 0.140. The molecule has 3 rings (SSSR count). The molecule has 21 heavy (non-hydrogen) atoms. The van der Waals surface area contributed by atoms with Gasteiger partial charge in [-0.15, -0.1) is 0 Å². The van der Waals surface area contributed by atoms with E-state index in [2.05, 4.69) is 79.5 Å². The lowest BCUT2D eigenvalue weighted by Crippen LogP contribution is -2.35. The number of rotatable bonds is 3. The van der Waals surface area contributed by atoms with Crippen LogP contribution in [0.3, 0.4) is 0 Å².